The van der Waals surface area contributed by atoms with Crippen molar-refractivity contribution in [1.29, 1.82) is 15.8 Å². The van der Waals surface area contributed by atoms with Crippen LogP contribution in [0.3, 0.4) is 0 Å². The number of likely N-dealkylation sites (N-methyl/N-ethyl adjacent to an activating group) is 2. The molecule has 5 aromatic heterocycles. The van der Waals surface area contributed by atoms with Gasteiger partial charge < -0.3 is 78.2 Å². The van der Waals surface area contributed by atoms with E-state index in [0.717, 1.165) is 12.2 Å². The molecule has 0 atom stereocenters. The summed E-state index contributed by atoms with van der Waals surface area (Å²) in [6, 6.07) is 24.8. The highest BCUT2D eigenvalue weighted by Gasteiger charge is 2.49. The highest BCUT2D eigenvalue weighted by atomic mass is 32.2. The summed E-state index contributed by atoms with van der Waals surface area (Å²) in [5.74, 6) is -0.994. The van der Waals surface area contributed by atoms with E-state index in [1.807, 2.05) is 90.9 Å². The van der Waals surface area contributed by atoms with E-state index in [2.05, 4.69) is 84.0 Å². The molecule has 3 saturated heterocycles. The quantitative estimate of drug-likeness (QED) is 0.0183. The second-order valence-corrected chi connectivity index (χ2v) is 35.3. The van der Waals surface area contributed by atoms with Crippen LogP contribution in [-0.2, 0) is 106 Å². The number of ketones is 2. The summed E-state index contributed by atoms with van der Waals surface area (Å²) in [5.41, 5.74) is 3.51. The molecule has 6 aromatic rings. The smallest absolute Gasteiger partial charge is 0.464 e. The van der Waals surface area contributed by atoms with Crippen LogP contribution in [0.4, 0.5) is 37.1 Å². The molecule has 9 rings (SSSR count). The highest BCUT2D eigenvalue weighted by Crippen LogP contribution is 2.28. The van der Waals surface area contributed by atoms with Crippen LogP contribution in [0.25, 0.3) is 0 Å². The van der Waals surface area contributed by atoms with Gasteiger partial charge in [-0.3, -0.25) is 38.8 Å². The van der Waals surface area contributed by atoms with Gasteiger partial charge in [-0.2, -0.15) is 62.9 Å². The number of nitrogens with one attached hydrogen (secondary N) is 4. The molecule has 46 heteroatoms. The monoisotopic (exact) mass is 1810 g/mol. The molecule has 127 heavy (non-hydrogen) atoms. The molecular formula is C81H122F3N21O21S. The number of nitriles is 3. The van der Waals surface area contributed by atoms with Crippen LogP contribution in [0.2, 0.25) is 0 Å². The van der Waals surface area contributed by atoms with Gasteiger partial charge in [0, 0.05) is 48.3 Å². The molecule has 8 heterocycles. The maximum absolute atomic E-state index is 11.9. The number of nitrogens with two attached hydrogens (primary N) is 1. The lowest BCUT2D eigenvalue weighted by molar-refractivity contribution is -0.118. The van der Waals surface area contributed by atoms with Crippen molar-refractivity contribution in [2.75, 3.05) is 109 Å². The van der Waals surface area contributed by atoms with Gasteiger partial charge in [0.1, 0.15) is 93.0 Å². The first-order valence-corrected chi connectivity index (χ1v) is 40.7. The van der Waals surface area contributed by atoms with Gasteiger partial charge in [-0.05, 0) is 168 Å². The number of ether oxygens (including phenoxy) is 9. The predicted octanol–water partition coefficient (Wildman–Crippen LogP) is 9.23. The van der Waals surface area contributed by atoms with E-state index in [-0.39, 0.29) is 67.9 Å². The minimum Gasteiger partial charge on any atom is -0.464 e. The van der Waals surface area contributed by atoms with Crippen LogP contribution in [0.15, 0.2) is 60.7 Å². The Morgan fingerprint density at radius 1 is 0.512 bits per heavy atom. The topological polar surface area (TPSA) is 531 Å². The molecule has 704 valence electrons. The van der Waals surface area contributed by atoms with Crippen molar-refractivity contribution in [2.24, 2.45) is 5.73 Å². The zero-order valence-electron chi connectivity index (χ0n) is 76.8. The number of nitrogens with zero attached hydrogens (tertiary/aromatic N) is 16. The number of H-pyrrole nitrogens is 3. The zero-order chi connectivity index (χ0) is 96.9. The van der Waals surface area contributed by atoms with Crippen molar-refractivity contribution in [3.63, 3.8) is 0 Å². The largest absolute Gasteiger partial charge is 0.523 e. The number of carbonyl (C=O) groups excluding carboxylic acids is 9. The molecule has 0 aliphatic carbocycles. The second-order valence-electron chi connectivity index (χ2n) is 33.8. The number of carbonyl (C=O) groups is 9. The Labute approximate surface area is 738 Å². The van der Waals surface area contributed by atoms with Gasteiger partial charge in [-0.15, -0.1) is 0 Å². The summed E-state index contributed by atoms with van der Waals surface area (Å²) >= 11 is 0. The number of primary amides is 1. The average Bonchev–Trinajstić information content (AvgIpc) is 1.44. The van der Waals surface area contributed by atoms with Crippen LogP contribution in [0, 0.1) is 34.0 Å². The lowest BCUT2D eigenvalue weighted by Crippen LogP contribution is -2.41. The fraction of sp³-hybridized carbons (Fsp3) is 0.593. The van der Waals surface area contributed by atoms with Gasteiger partial charge in [-0.1, -0.05) is 30.3 Å². The maximum atomic E-state index is 11.9. The Balaban J connectivity index is 0.000000495. The van der Waals surface area contributed by atoms with Crippen molar-refractivity contribution in [1.82, 2.24) is 84.9 Å². The summed E-state index contributed by atoms with van der Waals surface area (Å²) in [4.78, 5) is 111. The third-order valence-corrected chi connectivity index (χ3v) is 16.4. The first-order chi connectivity index (χ1) is 58.6. The number of aromatic amines is 3. The molecule has 42 nitrogen and oxygen atoms in total. The Bertz CT molecular complexity index is 4770. The summed E-state index contributed by atoms with van der Waals surface area (Å²) in [7, 11) is 7.66. The molecule has 0 bridgehead atoms. The summed E-state index contributed by atoms with van der Waals surface area (Å²) in [5, 5.41) is 57.6. The minimum absolute atomic E-state index is 0.0617. The Morgan fingerprint density at radius 2 is 0.874 bits per heavy atom. The third kappa shape index (κ3) is 44.5. The number of benzene rings is 1. The molecule has 0 saturated carbocycles. The molecular weight excluding hydrogens is 1690 g/mol. The van der Waals surface area contributed by atoms with Crippen molar-refractivity contribution in [3.8, 4) is 18.2 Å². The van der Waals surface area contributed by atoms with E-state index in [9.17, 15) is 64.7 Å². The Kier molecular flexibility index (Phi) is 44.4. The number of amides is 6. The SMILES string of the molecule is CC(=O)CN(C)C(=O)OC(C)(C)C.CC(=O)CN(C)Cc1ccccc1.CN(Cc1cc(C#N)n(C2COC2)n1)C(=O)OC(C)(C)C.CN(Cc1cc(C#N)n[nH]1)C(=O)OC(C)(C)C.CN(Cc1cc(C(N)=O)n[nH]1)C(=O)OC(C)(C)C.CNCc1cc(C#N)n(C2COC2)n1.COC(=O)c1cc(CN(C)C(=O)OC(C)(C)C)[nH]n1.O=S(=O)(OC1COC1)C(F)(F)F. The van der Waals surface area contributed by atoms with Gasteiger partial charge in [-0.25, -0.2) is 38.1 Å². The Hall–Kier alpha value is -12.1. The molecule has 0 unspecified atom stereocenters. The number of Topliss-reactive ketones (excluding diaryl/α,β-unsaturated/α-hetero) is 2. The fourth-order valence-electron chi connectivity index (χ4n) is 9.61. The number of esters is 1. The molecule has 3 aliphatic rings. The van der Waals surface area contributed by atoms with Crippen LogP contribution in [-0.4, -0.2) is 291 Å². The van der Waals surface area contributed by atoms with E-state index in [1.165, 1.54) is 63.3 Å². The van der Waals surface area contributed by atoms with Crippen molar-refractivity contribution < 1.29 is 112 Å². The predicted molar refractivity (Wildman–Crippen MR) is 451 cm³/mol. The van der Waals surface area contributed by atoms with Crippen molar-refractivity contribution in [2.45, 2.75) is 209 Å². The van der Waals surface area contributed by atoms with Gasteiger partial charge >= 0.3 is 52.1 Å². The number of hydrogen-bond acceptors (Lipinski definition) is 31. The van der Waals surface area contributed by atoms with Crippen LogP contribution in [0.1, 0.15) is 202 Å². The second kappa shape index (κ2) is 50.9. The number of halogens is 3. The zero-order valence-corrected chi connectivity index (χ0v) is 77.6. The van der Waals surface area contributed by atoms with E-state index in [1.54, 1.807) is 119 Å². The molecule has 0 radical (unpaired) electrons. The molecule has 3 aliphatic heterocycles. The number of alkyl halides is 3. The van der Waals surface area contributed by atoms with Gasteiger partial charge in [0.25, 0.3) is 5.91 Å². The first-order valence-electron chi connectivity index (χ1n) is 39.3. The van der Waals surface area contributed by atoms with Gasteiger partial charge in [0.05, 0.1) is 114 Å². The molecule has 6 N–H and O–H groups in total. The molecule has 0 spiro atoms. The number of hydrogen-bond donors (Lipinski definition) is 5. The first kappa shape index (κ1) is 111. The van der Waals surface area contributed by atoms with Crippen molar-refractivity contribution in [3.05, 3.63) is 123 Å². The highest BCUT2D eigenvalue weighted by molar-refractivity contribution is 7.87. The summed E-state index contributed by atoms with van der Waals surface area (Å²) in [6.07, 6.45) is -3.17. The van der Waals surface area contributed by atoms with E-state index >= 15 is 0 Å². The van der Waals surface area contributed by atoms with Crippen LogP contribution >= 0.6 is 0 Å². The average molecular weight is 1820 g/mol. The summed E-state index contributed by atoms with van der Waals surface area (Å²) < 4.78 is 108. The third-order valence-electron chi connectivity index (χ3n) is 15.3. The number of rotatable bonds is 22. The fourth-order valence-corrected chi connectivity index (χ4v) is 10.2. The van der Waals surface area contributed by atoms with Gasteiger partial charge in [0.2, 0.25) is 0 Å². The lowest BCUT2D eigenvalue weighted by atomic mass is 10.2. The van der Waals surface area contributed by atoms with Crippen LogP contribution < -0.4 is 11.1 Å². The summed E-state index contributed by atoms with van der Waals surface area (Å²) in [6.45, 7) is 35.5. The lowest BCUT2D eigenvalue weighted by Gasteiger charge is -2.26. The molecule has 6 amide bonds. The minimum atomic E-state index is -5.44. The molecule has 1 aromatic carbocycles. The number of methoxy groups -OCH3 is 1. The maximum Gasteiger partial charge on any atom is 0.523 e. The number of aromatic nitrogens is 10. The van der Waals surface area contributed by atoms with Crippen LogP contribution in [0.5, 0.6) is 0 Å². The standard InChI is InChI=1S/C14H20N4O3.C12H19N3O4.C11H18N4O3.C11H16N4O2.C11H15NO.C9H12N4O.C9H17NO3.C4H5F3O4S/c1-14(2,3)21-13(19)17(4)7-10-5-11(6-15)18(16-10)12-8-20-9-12;1-12(2,3)19-11(17)15(4)7-8-6-9(14-13-8)10(16)18-5;1-11(2,3)18-10(17)15(4)6-7-5-8(9(12)16)14-13-7;1-11(2,3)17-10(16)15(4)7-9-5-8(6-12)13-14-9;1-10(13)8-12(2)9-11-6-4-3-5-7-11;1-11-4-7-2-8(3-10)13(12-7)9-5-14-6-9;1-7(11)6-10(5)8(12)13-9(2,3)4;5-4(6,7)12(8,9)11-3-1-10-2-3/h5,12H,7-9H2,1-4H3;6H,7H2,1-5H3,(H,13,14);5H,6H2,1-4H3,(H2,12,16)(H,13,14);5H,7H2,1-4H3,(H,13,14);3-7H,8-9H2,1-2H3;2,9,11H,4-6H2,1H3;6H2,1-5H3;3H,1-2H2. The normalized spacial score (nSPS) is 13.1. The van der Waals surface area contributed by atoms with Crippen molar-refractivity contribution >= 4 is 64.0 Å². The van der Waals surface area contributed by atoms with E-state index in [4.69, 9.17) is 54.7 Å². The van der Waals surface area contributed by atoms with E-state index in [0.29, 0.717) is 92.5 Å². The van der Waals surface area contributed by atoms with E-state index < -0.39 is 92.1 Å². The van der Waals surface area contributed by atoms with Gasteiger partial charge in [0.15, 0.2) is 11.4 Å². The molecule has 3 fully saturated rings. The Morgan fingerprint density at radius 3 is 1.20 bits per heavy atom.